The summed E-state index contributed by atoms with van der Waals surface area (Å²) in [6.07, 6.45) is 4.31. The van der Waals surface area contributed by atoms with E-state index in [1.54, 1.807) is 0 Å². The van der Waals surface area contributed by atoms with Crippen molar-refractivity contribution in [2.24, 2.45) is 5.92 Å². The number of morpholine rings is 1. The van der Waals surface area contributed by atoms with E-state index in [0.29, 0.717) is 6.10 Å². The van der Waals surface area contributed by atoms with E-state index in [4.69, 9.17) is 4.74 Å². The van der Waals surface area contributed by atoms with Crippen molar-refractivity contribution < 1.29 is 4.74 Å². The molecule has 1 aliphatic rings. The molecule has 108 valence electrons. The number of hydrogen-bond acceptors (Lipinski definition) is 3. The summed E-state index contributed by atoms with van der Waals surface area (Å²) in [5.41, 5.74) is 0. The number of hydrogen-bond donors (Lipinski definition) is 0. The first-order valence-electron chi connectivity index (χ1n) is 7.64. The van der Waals surface area contributed by atoms with Crippen LogP contribution in [0.5, 0.6) is 0 Å². The molecule has 1 fully saturated rings. The first kappa shape index (κ1) is 15.9. The highest BCUT2D eigenvalue weighted by molar-refractivity contribution is 4.74. The van der Waals surface area contributed by atoms with Gasteiger partial charge in [0.1, 0.15) is 0 Å². The molecule has 0 N–H and O–H groups in total. The average molecular weight is 256 g/mol. The molecule has 1 atom stereocenters. The van der Waals surface area contributed by atoms with Gasteiger partial charge in [-0.05, 0) is 45.3 Å². The van der Waals surface area contributed by atoms with Crippen LogP contribution in [0.2, 0.25) is 0 Å². The summed E-state index contributed by atoms with van der Waals surface area (Å²) in [5.74, 6) is 0.831. The van der Waals surface area contributed by atoms with Crippen LogP contribution < -0.4 is 0 Å². The van der Waals surface area contributed by atoms with Crippen molar-refractivity contribution >= 4 is 0 Å². The third kappa shape index (κ3) is 6.72. The lowest BCUT2D eigenvalue weighted by Crippen LogP contribution is -2.47. The number of ether oxygens (including phenoxy) is 1. The minimum Gasteiger partial charge on any atom is -0.374 e. The quantitative estimate of drug-likeness (QED) is 0.663. The van der Waals surface area contributed by atoms with Crippen LogP contribution in [-0.4, -0.2) is 62.3 Å². The van der Waals surface area contributed by atoms with Crippen LogP contribution in [0.4, 0.5) is 0 Å². The van der Waals surface area contributed by atoms with Gasteiger partial charge in [0.2, 0.25) is 0 Å². The molecule has 1 saturated heterocycles. The predicted molar refractivity (Wildman–Crippen MR) is 78.0 cm³/mol. The summed E-state index contributed by atoms with van der Waals surface area (Å²) in [6.45, 7) is 13.5. The summed E-state index contributed by atoms with van der Waals surface area (Å²) in [7, 11) is 2.20. The highest BCUT2D eigenvalue weighted by Gasteiger charge is 2.21. The van der Waals surface area contributed by atoms with E-state index >= 15 is 0 Å². The lowest BCUT2D eigenvalue weighted by Gasteiger charge is -2.35. The van der Waals surface area contributed by atoms with Gasteiger partial charge < -0.3 is 9.64 Å². The van der Waals surface area contributed by atoms with E-state index in [2.05, 4.69) is 37.6 Å². The van der Waals surface area contributed by atoms with E-state index < -0.39 is 0 Å². The van der Waals surface area contributed by atoms with Crippen LogP contribution in [0.1, 0.15) is 40.0 Å². The van der Waals surface area contributed by atoms with Gasteiger partial charge >= 0.3 is 0 Å². The van der Waals surface area contributed by atoms with E-state index in [1.807, 2.05) is 0 Å². The van der Waals surface area contributed by atoms with Gasteiger partial charge in [-0.3, -0.25) is 4.90 Å². The summed E-state index contributed by atoms with van der Waals surface area (Å²) >= 11 is 0. The van der Waals surface area contributed by atoms with Crippen LogP contribution in [-0.2, 0) is 4.74 Å². The van der Waals surface area contributed by atoms with Crippen molar-refractivity contribution in [2.75, 3.05) is 46.4 Å². The Labute approximate surface area is 113 Å². The topological polar surface area (TPSA) is 15.7 Å². The van der Waals surface area contributed by atoms with Crippen LogP contribution >= 0.6 is 0 Å². The Morgan fingerprint density at radius 1 is 1.39 bits per heavy atom. The van der Waals surface area contributed by atoms with E-state index in [9.17, 15) is 0 Å². The first-order valence-corrected chi connectivity index (χ1v) is 7.64. The van der Waals surface area contributed by atoms with Crippen molar-refractivity contribution in [1.82, 2.24) is 9.80 Å². The normalized spacial score (nSPS) is 22.0. The lowest BCUT2D eigenvalue weighted by molar-refractivity contribution is -0.0408. The van der Waals surface area contributed by atoms with E-state index in [1.165, 1.54) is 32.4 Å². The molecule has 0 aromatic carbocycles. The number of likely N-dealkylation sites (N-methyl/N-ethyl adjacent to an activating group) is 1. The second-order valence-electron chi connectivity index (χ2n) is 6.09. The Morgan fingerprint density at radius 3 is 2.83 bits per heavy atom. The highest BCUT2D eigenvalue weighted by Crippen LogP contribution is 2.10. The minimum absolute atomic E-state index is 0.411. The lowest BCUT2D eigenvalue weighted by atomic mass is 10.1. The molecule has 0 bridgehead atoms. The monoisotopic (exact) mass is 256 g/mol. The fourth-order valence-corrected chi connectivity index (χ4v) is 2.64. The Balaban J connectivity index is 2.19. The van der Waals surface area contributed by atoms with Gasteiger partial charge in [0, 0.05) is 19.6 Å². The van der Waals surface area contributed by atoms with Crippen LogP contribution in [0.25, 0.3) is 0 Å². The van der Waals surface area contributed by atoms with Gasteiger partial charge in [0.05, 0.1) is 12.7 Å². The van der Waals surface area contributed by atoms with Gasteiger partial charge in [-0.15, -0.1) is 0 Å². The molecule has 3 heteroatoms. The Bertz CT molecular complexity index is 209. The molecular formula is C15H32N2O. The molecule has 0 aliphatic carbocycles. The third-order valence-corrected chi connectivity index (χ3v) is 3.60. The molecule has 0 amide bonds. The largest absolute Gasteiger partial charge is 0.374 e. The molecule has 0 spiro atoms. The molecule has 0 aromatic rings. The molecule has 0 aromatic heterocycles. The molecule has 0 unspecified atom stereocenters. The first-order chi connectivity index (χ1) is 8.61. The summed E-state index contributed by atoms with van der Waals surface area (Å²) in [6, 6.07) is 0. The SMILES string of the molecule is CCCN(C)C[C@H]1CN(CCCC(C)C)CCO1. The van der Waals surface area contributed by atoms with Gasteiger partial charge in [0.25, 0.3) is 0 Å². The maximum atomic E-state index is 5.87. The smallest absolute Gasteiger partial charge is 0.0829 e. The summed E-state index contributed by atoms with van der Waals surface area (Å²) < 4.78 is 5.87. The summed E-state index contributed by atoms with van der Waals surface area (Å²) in [5, 5.41) is 0. The fourth-order valence-electron chi connectivity index (χ4n) is 2.64. The van der Waals surface area contributed by atoms with Crippen LogP contribution in [0.15, 0.2) is 0 Å². The van der Waals surface area contributed by atoms with Crippen molar-refractivity contribution in [1.29, 1.82) is 0 Å². The van der Waals surface area contributed by atoms with Crippen molar-refractivity contribution in [3.63, 3.8) is 0 Å². The second kappa shape index (κ2) is 8.89. The predicted octanol–water partition coefficient (Wildman–Crippen LogP) is 2.47. The maximum absolute atomic E-state index is 5.87. The summed E-state index contributed by atoms with van der Waals surface area (Å²) in [4.78, 5) is 4.97. The van der Waals surface area contributed by atoms with Gasteiger partial charge in [-0.2, -0.15) is 0 Å². The molecule has 0 saturated carbocycles. The Kier molecular flexibility index (Phi) is 7.87. The minimum atomic E-state index is 0.411. The highest BCUT2D eigenvalue weighted by atomic mass is 16.5. The zero-order chi connectivity index (χ0) is 13.4. The van der Waals surface area contributed by atoms with Crippen molar-refractivity contribution in [3.8, 4) is 0 Å². The van der Waals surface area contributed by atoms with Gasteiger partial charge in [0.15, 0.2) is 0 Å². The van der Waals surface area contributed by atoms with Crippen LogP contribution in [0, 0.1) is 5.92 Å². The average Bonchev–Trinajstić information content (AvgIpc) is 2.29. The van der Waals surface area contributed by atoms with Crippen LogP contribution in [0.3, 0.4) is 0 Å². The molecule has 1 rings (SSSR count). The zero-order valence-corrected chi connectivity index (χ0v) is 12.8. The molecule has 1 aliphatic heterocycles. The molecule has 0 radical (unpaired) electrons. The second-order valence-corrected chi connectivity index (χ2v) is 6.09. The van der Waals surface area contributed by atoms with E-state index in [-0.39, 0.29) is 0 Å². The Morgan fingerprint density at radius 2 is 2.17 bits per heavy atom. The zero-order valence-electron chi connectivity index (χ0n) is 12.8. The maximum Gasteiger partial charge on any atom is 0.0829 e. The third-order valence-electron chi connectivity index (χ3n) is 3.60. The van der Waals surface area contributed by atoms with Crippen molar-refractivity contribution in [2.45, 2.75) is 46.1 Å². The van der Waals surface area contributed by atoms with Crippen molar-refractivity contribution in [3.05, 3.63) is 0 Å². The van der Waals surface area contributed by atoms with E-state index in [0.717, 1.165) is 32.2 Å². The molecule has 1 heterocycles. The standard InChI is InChI=1S/C15H32N2O/c1-5-8-16(4)12-15-13-17(10-11-18-15)9-6-7-14(2)3/h14-15H,5-13H2,1-4H3/t15-/m0/s1. The molecular weight excluding hydrogens is 224 g/mol. The fraction of sp³-hybridized carbons (Fsp3) is 1.00. The number of nitrogens with zero attached hydrogens (tertiary/aromatic N) is 2. The van der Waals surface area contributed by atoms with Gasteiger partial charge in [-0.1, -0.05) is 20.8 Å². The molecule has 3 nitrogen and oxygen atoms in total. The Hall–Kier alpha value is -0.120. The molecule has 18 heavy (non-hydrogen) atoms. The van der Waals surface area contributed by atoms with Gasteiger partial charge in [-0.25, -0.2) is 0 Å². The number of rotatable bonds is 8.